The molecule has 0 radical (unpaired) electrons. The van der Waals surface area contributed by atoms with Crippen molar-refractivity contribution in [2.75, 3.05) is 28.7 Å². The topological polar surface area (TPSA) is 84.5 Å². The maximum atomic E-state index is 12.2. The molecule has 0 aliphatic rings. The molecule has 2 rings (SSSR count). The molecule has 0 saturated heterocycles. The van der Waals surface area contributed by atoms with Crippen molar-refractivity contribution in [2.45, 2.75) is 12.7 Å². The van der Waals surface area contributed by atoms with E-state index in [0.29, 0.717) is 32.9 Å². The molecule has 0 aliphatic carbocycles. The van der Waals surface area contributed by atoms with E-state index in [1.54, 1.807) is 30.3 Å². The predicted molar refractivity (Wildman–Crippen MR) is 117 cm³/mol. The average molecular weight is 463 g/mol. The molecule has 0 unspecified atom stereocenters. The van der Waals surface area contributed by atoms with Gasteiger partial charge in [-0.15, -0.1) is 11.8 Å². The summed E-state index contributed by atoms with van der Waals surface area (Å²) < 4.78 is 31.1. The van der Waals surface area contributed by atoms with E-state index in [0.717, 1.165) is 5.56 Å². The Morgan fingerprint density at radius 3 is 2.57 bits per heavy atom. The minimum Gasteiger partial charge on any atom is -0.494 e. The molecule has 28 heavy (non-hydrogen) atoms. The number of carbonyl (C=O) groups is 1. The number of anilines is 2. The molecule has 0 aromatic heterocycles. The quantitative estimate of drug-likeness (QED) is 0.566. The third-order valence-electron chi connectivity index (χ3n) is 3.64. The summed E-state index contributed by atoms with van der Waals surface area (Å²) in [6.07, 6.45) is 0. The molecule has 0 aliphatic heterocycles. The molecule has 2 aromatic carbocycles. The van der Waals surface area contributed by atoms with Crippen LogP contribution in [0, 0.1) is 0 Å². The number of hydrogen-bond acceptors (Lipinski definition) is 5. The minimum atomic E-state index is -3.43. The van der Waals surface area contributed by atoms with E-state index in [2.05, 4.69) is 10.0 Å². The molecule has 2 aromatic rings. The number of halogens is 2. The number of sulfonamides is 1. The summed E-state index contributed by atoms with van der Waals surface area (Å²) in [6, 6.07) is 9.96. The van der Waals surface area contributed by atoms with Gasteiger partial charge in [0.25, 0.3) is 0 Å². The molecule has 0 heterocycles. The van der Waals surface area contributed by atoms with Crippen LogP contribution in [0.15, 0.2) is 36.4 Å². The van der Waals surface area contributed by atoms with Crippen molar-refractivity contribution in [3.63, 3.8) is 0 Å². The van der Waals surface area contributed by atoms with Gasteiger partial charge in [-0.25, -0.2) is 8.42 Å². The van der Waals surface area contributed by atoms with Crippen molar-refractivity contribution in [3.05, 3.63) is 52.0 Å². The highest BCUT2D eigenvalue weighted by Gasteiger charge is 2.13. The summed E-state index contributed by atoms with van der Waals surface area (Å²) in [7, 11) is -2.00. The zero-order valence-electron chi connectivity index (χ0n) is 15.3. The third kappa shape index (κ3) is 6.77. The van der Waals surface area contributed by atoms with Crippen LogP contribution in [-0.4, -0.2) is 32.9 Å². The first kappa shape index (κ1) is 22.7. The summed E-state index contributed by atoms with van der Waals surface area (Å²) >= 11 is 13.4. The van der Waals surface area contributed by atoms with Crippen molar-refractivity contribution in [1.82, 2.24) is 0 Å². The number of thioether (sulfide) groups is 1. The maximum absolute atomic E-state index is 12.2. The molecule has 0 bridgehead atoms. The lowest BCUT2D eigenvalue weighted by molar-refractivity contribution is -0.113. The van der Waals surface area contributed by atoms with Crippen molar-refractivity contribution >= 4 is 62.3 Å². The minimum absolute atomic E-state index is 0.0521. The second-order valence-electron chi connectivity index (χ2n) is 5.70. The molecule has 0 saturated carbocycles. The summed E-state index contributed by atoms with van der Waals surface area (Å²) in [4.78, 5) is 12.2. The molecule has 6 nitrogen and oxygen atoms in total. The highest BCUT2D eigenvalue weighted by Crippen LogP contribution is 2.29. The monoisotopic (exact) mass is 462 g/mol. The zero-order chi connectivity index (χ0) is 20.7. The van der Waals surface area contributed by atoms with Gasteiger partial charge in [-0.3, -0.25) is 9.52 Å². The Labute approximate surface area is 179 Å². The standard InChI is InChI=1S/C18H20Cl2N2O4S2/c1-3-28(24,25)22-16-7-6-14(9-17(16)26-2)21-18(23)11-27-10-12-4-5-13(19)8-15(12)20/h4-9,22H,3,10-11H2,1-2H3,(H,21,23). The largest absolute Gasteiger partial charge is 0.494 e. The molecule has 0 spiro atoms. The second kappa shape index (κ2) is 10.2. The van der Waals surface area contributed by atoms with Gasteiger partial charge in [0.05, 0.1) is 24.3 Å². The van der Waals surface area contributed by atoms with E-state index in [9.17, 15) is 13.2 Å². The van der Waals surface area contributed by atoms with E-state index in [-0.39, 0.29) is 17.4 Å². The Kier molecular flexibility index (Phi) is 8.30. The Morgan fingerprint density at radius 2 is 1.93 bits per heavy atom. The van der Waals surface area contributed by atoms with E-state index < -0.39 is 10.0 Å². The summed E-state index contributed by atoms with van der Waals surface area (Å²) in [6.45, 7) is 1.54. The lowest BCUT2D eigenvalue weighted by Gasteiger charge is -2.13. The first-order valence-electron chi connectivity index (χ1n) is 8.24. The lowest BCUT2D eigenvalue weighted by Crippen LogP contribution is -2.16. The predicted octanol–water partition coefficient (Wildman–Crippen LogP) is 4.64. The number of methoxy groups -OCH3 is 1. The fraction of sp³-hybridized carbons (Fsp3) is 0.278. The Bertz CT molecular complexity index is 953. The van der Waals surface area contributed by atoms with Crippen LogP contribution >= 0.6 is 35.0 Å². The maximum Gasteiger partial charge on any atom is 0.234 e. The number of amides is 1. The van der Waals surface area contributed by atoms with Crippen LogP contribution in [0.5, 0.6) is 5.75 Å². The first-order valence-corrected chi connectivity index (χ1v) is 11.8. The van der Waals surface area contributed by atoms with E-state index in [1.165, 1.54) is 25.8 Å². The molecular formula is C18H20Cl2N2O4S2. The van der Waals surface area contributed by atoms with Crippen molar-refractivity contribution in [1.29, 1.82) is 0 Å². The number of ether oxygens (including phenoxy) is 1. The van der Waals surface area contributed by atoms with Crippen LogP contribution in [0.3, 0.4) is 0 Å². The number of hydrogen-bond donors (Lipinski definition) is 2. The Balaban J connectivity index is 1.94. The SMILES string of the molecule is CCS(=O)(=O)Nc1ccc(NC(=O)CSCc2ccc(Cl)cc2Cl)cc1OC. The van der Waals surface area contributed by atoms with Gasteiger partial charge in [0, 0.05) is 27.6 Å². The summed E-state index contributed by atoms with van der Waals surface area (Å²) in [5.74, 6) is 0.869. The van der Waals surface area contributed by atoms with Gasteiger partial charge in [-0.05, 0) is 36.8 Å². The smallest absolute Gasteiger partial charge is 0.234 e. The van der Waals surface area contributed by atoms with Crippen LogP contribution in [0.1, 0.15) is 12.5 Å². The van der Waals surface area contributed by atoms with Crippen LogP contribution in [0.2, 0.25) is 10.0 Å². The van der Waals surface area contributed by atoms with Gasteiger partial charge in [0.15, 0.2) is 0 Å². The molecule has 2 N–H and O–H groups in total. The van der Waals surface area contributed by atoms with E-state index in [4.69, 9.17) is 27.9 Å². The number of nitrogens with one attached hydrogen (secondary N) is 2. The fourth-order valence-electron chi connectivity index (χ4n) is 2.18. The van der Waals surface area contributed by atoms with Crippen LogP contribution < -0.4 is 14.8 Å². The van der Waals surface area contributed by atoms with Gasteiger partial charge in [0.1, 0.15) is 5.75 Å². The molecular weight excluding hydrogens is 443 g/mol. The van der Waals surface area contributed by atoms with Crippen molar-refractivity contribution in [3.8, 4) is 5.75 Å². The molecule has 1 amide bonds. The number of benzene rings is 2. The van der Waals surface area contributed by atoms with Crippen LogP contribution in [0.25, 0.3) is 0 Å². The van der Waals surface area contributed by atoms with Crippen molar-refractivity contribution < 1.29 is 17.9 Å². The molecule has 10 heteroatoms. The zero-order valence-corrected chi connectivity index (χ0v) is 18.4. The number of rotatable bonds is 9. The van der Waals surface area contributed by atoms with Gasteiger partial charge < -0.3 is 10.1 Å². The summed E-state index contributed by atoms with van der Waals surface area (Å²) in [5.41, 5.74) is 1.72. The molecule has 0 fully saturated rings. The van der Waals surface area contributed by atoms with Crippen LogP contribution in [-0.2, 0) is 20.6 Å². The third-order valence-corrected chi connectivity index (χ3v) is 6.50. The second-order valence-corrected chi connectivity index (χ2v) is 9.54. The highest BCUT2D eigenvalue weighted by atomic mass is 35.5. The Morgan fingerprint density at radius 1 is 1.18 bits per heavy atom. The summed E-state index contributed by atoms with van der Waals surface area (Å²) in [5, 5.41) is 3.89. The normalized spacial score (nSPS) is 11.1. The average Bonchev–Trinajstić information content (AvgIpc) is 2.64. The van der Waals surface area contributed by atoms with Gasteiger partial charge in [0.2, 0.25) is 15.9 Å². The van der Waals surface area contributed by atoms with E-state index in [1.807, 2.05) is 6.07 Å². The van der Waals surface area contributed by atoms with E-state index >= 15 is 0 Å². The molecule has 152 valence electrons. The number of carbonyl (C=O) groups excluding carboxylic acids is 1. The van der Waals surface area contributed by atoms with Crippen LogP contribution in [0.4, 0.5) is 11.4 Å². The lowest BCUT2D eigenvalue weighted by atomic mass is 10.2. The Hall–Kier alpha value is -1.61. The fourth-order valence-corrected chi connectivity index (χ4v) is 4.22. The highest BCUT2D eigenvalue weighted by molar-refractivity contribution is 7.99. The van der Waals surface area contributed by atoms with Crippen molar-refractivity contribution in [2.24, 2.45) is 0 Å². The first-order chi connectivity index (χ1) is 13.2. The van der Waals surface area contributed by atoms with Gasteiger partial charge >= 0.3 is 0 Å². The molecule has 0 atom stereocenters. The van der Waals surface area contributed by atoms with Gasteiger partial charge in [-0.2, -0.15) is 0 Å². The van der Waals surface area contributed by atoms with Gasteiger partial charge in [-0.1, -0.05) is 29.3 Å².